The van der Waals surface area contributed by atoms with Gasteiger partial charge in [0.05, 0.1) is 10.0 Å². The van der Waals surface area contributed by atoms with Crippen LogP contribution in [-0.2, 0) is 0 Å². The third kappa shape index (κ3) is 2.92. The number of rotatable bonds is 1. The van der Waals surface area contributed by atoms with Crippen LogP contribution in [-0.4, -0.2) is 10.9 Å². The van der Waals surface area contributed by atoms with Gasteiger partial charge in [-0.05, 0) is 40.4 Å². The van der Waals surface area contributed by atoms with Crippen molar-refractivity contribution in [1.29, 1.82) is 0 Å². The number of ketones is 1. The molecule has 0 aliphatic heterocycles. The molecule has 0 fully saturated rings. The van der Waals surface area contributed by atoms with Gasteiger partial charge < -0.3 is 5.11 Å². The Hall–Kier alpha value is -1.31. The second-order valence-electron chi connectivity index (χ2n) is 3.69. The summed E-state index contributed by atoms with van der Waals surface area (Å²) in [4.78, 5) is 11.9. The summed E-state index contributed by atoms with van der Waals surface area (Å²) >= 11 is 6.45. The van der Waals surface area contributed by atoms with Crippen molar-refractivity contribution in [2.24, 2.45) is 0 Å². The van der Waals surface area contributed by atoms with Gasteiger partial charge in [0, 0.05) is 10.0 Å². The molecule has 0 amide bonds. The minimum absolute atomic E-state index is 0.0870. The van der Waals surface area contributed by atoms with Crippen molar-refractivity contribution in [3.05, 3.63) is 50.4 Å². The molecule has 0 saturated heterocycles. The number of phenolic OH excluding ortho intramolecular Hbond substituents is 1. The number of aromatic hydroxyl groups is 1. The quantitative estimate of drug-likeness (QED) is 0.463. The predicted octanol–water partition coefficient (Wildman–Crippen LogP) is 3.99. The number of carbonyl (C=O) groups excluding carboxylic acids is 1. The summed E-state index contributed by atoms with van der Waals surface area (Å²) in [7, 11) is 0. The Kier molecular flexibility index (Phi) is 4.05. The molecule has 1 aliphatic carbocycles. The second-order valence-corrected chi connectivity index (χ2v) is 5.46. The molecule has 0 unspecified atom stereocenters. The van der Waals surface area contributed by atoms with Crippen molar-refractivity contribution < 1.29 is 9.90 Å². The molecule has 18 heavy (non-hydrogen) atoms. The van der Waals surface area contributed by atoms with Gasteiger partial charge in [-0.25, -0.2) is 0 Å². The molecular formula is C14H8Br2O2. The Morgan fingerprint density at radius 3 is 2.78 bits per heavy atom. The van der Waals surface area contributed by atoms with Crippen LogP contribution < -0.4 is 0 Å². The van der Waals surface area contributed by atoms with E-state index >= 15 is 0 Å². The Morgan fingerprint density at radius 1 is 1.33 bits per heavy atom. The Morgan fingerprint density at radius 2 is 2.11 bits per heavy atom. The van der Waals surface area contributed by atoms with Gasteiger partial charge in [-0.2, -0.15) is 0 Å². The average molecular weight is 368 g/mol. The lowest BCUT2D eigenvalue weighted by molar-refractivity contribution is 0.105. The highest BCUT2D eigenvalue weighted by molar-refractivity contribution is 9.11. The van der Waals surface area contributed by atoms with E-state index in [0.29, 0.717) is 8.95 Å². The van der Waals surface area contributed by atoms with Crippen molar-refractivity contribution in [1.82, 2.24) is 0 Å². The van der Waals surface area contributed by atoms with Gasteiger partial charge in [-0.3, -0.25) is 4.79 Å². The Bertz CT molecular complexity index is 631. The fourth-order valence-electron chi connectivity index (χ4n) is 1.48. The highest BCUT2D eigenvalue weighted by Crippen LogP contribution is 2.31. The Labute approximate surface area is 122 Å². The smallest absolute Gasteiger partial charge is 0.240 e. The van der Waals surface area contributed by atoms with Crippen molar-refractivity contribution in [2.45, 2.75) is 6.42 Å². The molecule has 0 spiro atoms. The third-order valence-electron chi connectivity index (χ3n) is 2.38. The van der Waals surface area contributed by atoms with E-state index in [4.69, 9.17) is 0 Å². The summed E-state index contributed by atoms with van der Waals surface area (Å²) in [6.07, 6.45) is 6.51. The van der Waals surface area contributed by atoms with E-state index in [9.17, 15) is 9.90 Å². The molecule has 1 N–H and O–H groups in total. The first-order chi connectivity index (χ1) is 8.58. The SMILES string of the molecule is O=C(C#CC1=CC=CC1)c1cc(Br)cc(Br)c1O. The van der Waals surface area contributed by atoms with Crippen LogP contribution in [0.5, 0.6) is 5.75 Å². The first-order valence-electron chi connectivity index (χ1n) is 5.18. The lowest BCUT2D eigenvalue weighted by atomic mass is 10.1. The van der Waals surface area contributed by atoms with Crippen molar-refractivity contribution >= 4 is 37.6 Å². The molecule has 2 nitrogen and oxygen atoms in total. The van der Waals surface area contributed by atoms with Crippen molar-refractivity contribution in [3.63, 3.8) is 0 Å². The van der Waals surface area contributed by atoms with Crippen LogP contribution in [0.25, 0.3) is 0 Å². The summed E-state index contributed by atoms with van der Waals surface area (Å²) in [5.41, 5.74) is 1.09. The lowest BCUT2D eigenvalue weighted by Crippen LogP contribution is -1.96. The molecule has 90 valence electrons. The van der Waals surface area contributed by atoms with Crippen LogP contribution in [0.15, 0.2) is 44.9 Å². The monoisotopic (exact) mass is 366 g/mol. The molecular weight excluding hydrogens is 360 g/mol. The number of hydrogen-bond donors (Lipinski definition) is 1. The molecule has 2 rings (SSSR count). The average Bonchev–Trinajstić information content (AvgIpc) is 2.83. The molecule has 0 radical (unpaired) electrons. The second kappa shape index (κ2) is 5.55. The number of benzene rings is 1. The van der Waals surface area contributed by atoms with Gasteiger partial charge in [0.2, 0.25) is 5.78 Å². The highest BCUT2D eigenvalue weighted by atomic mass is 79.9. The lowest BCUT2D eigenvalue weighted by Gasteiger charge is -2.03. The van der Waals surface area contributed by atoms with E-state index in [2.05, 4.69) is 43.7 Å². The number of phenols is 1. The van der Waals surface area contributed by atoms with Gasteiger partial charge in [0.1, 0.15) is 5.75 Å². The van der Waals surface area contributed by atoms with Crippen LogP contribution in [0.2, 0.25) is 0 Å². The normalized spacial score (nSPS) is 12.9. The number of allylic oxidation sites excluding steroid dienone is 4. The number of Topliss-reactive ketones (excluding diaryl/α,β-unsaturated/α-hetero) is 1. The van der Waals surface area contributed by atoms with Gasteiger partial charge in [-0.15, -0.1) is 0 Å². The molecule has 4 heteroatoms. The summed E-state index contributed by atoms with van der Waals surface area (Å²) in [6, 6.07) is 3.22. The molecule has 0 atom stereocenters. The van der Waals surface area contributed by atoms with E-state index < -0.39 is 5.78 Å². The summed E-state index contributed by atoms with van der Waals surface area (Å²) < 4.78 is 1.17. The van der Waals surface area contributed by atoms with E-state index in [0.717, 1.165) is 12.0 Å². The minimum Gasteiger partial charge on any atom is -0.506 e. The number of hydrogen-bond acceptors (Lipinski definition) is 2. The van der Waals surface area contributed by atoms with Crippen LogP contribution >= 0.6 is 31.9 Å². The zero-order valence-corrected chi connectivity index (χ0v) is 12.4. The molecule has 1 aromatic rings. The molecule has 1 aliphatic rings. The summed E-state index contributed by atoms with van der Waals surface area (Å²) in [6.45, 7) is 0. The molecule has 0 heterocycles. The third-order valence-corrected chi connectivity index (χ3v) is 3.44. The van der Waals surface area contributed by atoms with Crippen molar-refractivity contribution in [2.75, 3.05) is 0 Å². The maximum absolute atomic E-state index is 11.9. The zero-order chi connectivity index (χ0) is 13.1. The maximum Gasteiger partial charge on any atom is 0.240 e. The van der Waals surface area contributed by atoms with Gasteiger partial charge in [0.25, 0.3) is 0 Å². The summed E-state index contributed by atoms with van der Waals surface area (Å²) in [5.74, 6) is 4.85. The van der Waals surface area contributed by atoms with Crippen LogP contribution in [0.4, 0.5) is 0 Å². The largest absolute Gasteiger partial charge is 0.506 e. The van der Waals surface area contributed by atoms with E-state index in [-0.39, 0.29) is 11.3 Å². The van der Waals surface area contributed by atoms with Gasteiger partial charge >= 0.3 is 0 Å². The highest BCUT2D eigenvalue weighted by Gasteiger charge is 2.13. The fraction of sp³-hybridized carbons (Fsp3) is 0.0714. The van der Waals surface area contributed by atoms with Crippen LogP contribution in [0.3, 0.4) is 0 Å². The van der Waals surface area contributed by atoms with Gasteiger partial charge in [-0.1, -0.05) is 40.1 Å². The topological polar surface area (TPSA) is 37.3 Å². The van der Waals surface area contributed by atoms with E-state index in [1.165, 1.54) is 0 Å². The van der Waals surface area contributed by atoms with Crippen molar-refractivity contribution in [3.8, 4) is 17.6 Å². The maximum atomic E-state index is 11.9. The number of carbonyl (C=O) groups is 1. The fourth-order valence-corrected chi connectivity index (χ4v) is 2.71. The minimum atomic E-state index is -0.401. The standard InChI is InChI=1S/C14H8Br2O2/c15-10-7-11(14(18)12(16)8-10)13(17)6-5-9-3-1-2-4-9/h1-3,7-8,18H,4H2. The summed E-state index contributed by atoms with van der Waals surface area (Å²) in [5, 5.41) is 9.80. The molecule has 0 aromatic heterocycles. The first kappa shape index (κ1) is 13.1. The molecule has 1 aromatic carbocycles. The van der Waals surface area contributed by atoms with Gasteiger partial charge in [0.15, 0.2) is 0 Å². The van der Waals surface area contributed by atoms with Crippen LogP contribution in [0, 0.1) is 11.8 Å². The Balaban J connectivity index is 2.29. The van der Waals surface area contributed by atoms with E-state index in [1.54, 1.807) is 12.1 Å². The number of halogens is 2. The molecule has 0 bridgehead atoms. The molecule has 0 saturated carbocycles. The predicted molar refractivity (Wildman–Crippen MR) is 77.5 cm³/mol. The van der Waals surface area contributed by atoms with Crippen LogP contribution in [0.1, 0.15) is 16.8 Å². The zero-order valence-electron chi connectivity index (χ0n) is 9.21. The van der Waals surface area contributed by atoms with E-state index in [1.807, 2.05) is 18.2 Å². The first-order valence-corrected chi connectivity index (χ1v) is 6.76.